The monoisotopic (exact) mass is 559 g/mol. The molecular formula is C26H37N7O5S. The van der Waals surface area contributed by atoms with Crippen LogP contribution in [0.25, 0.3) is 0 Å². The largest absolute Gasteiger partial charge is 0.493 e. The molecule has 4 atom stereocenters. The summed E-state index contributed by atoms with van der Waals surface area (Å²) in [6.07, 6.45) is 3.89. The van der Waals surface area contributed by atoms with Crippen molar-refractivity contribution in [2.45, 2.75) is 25.8 Å². The van der Waals surface area contributed by atoms with Crippen molar-refractivity contribution >= 4 is 27.0 Å². The molecule has 13 heteroatoms. The lowest BCUT2D eigenvalue weighted by molar-refractivity contribution is 0.115. The number of hydrogen-bond acceptors (Lipinski definition) is 11. The molecule has 5 N–H and O–H groups in total. The predicted molar refractivity (Wildman–Crippen MR) is 152 cm³/mol. The highest BCUT2D eigenvalue weighted by Gasteiger charge is 2.35. The van der Waals surface area contributed by atoms with E-state index in [4.69, 9.17) is 14.2 Å². The number of hydrazine groups is 1. The lowest BCUT2D eigenvalue weighted by Crippen LogP contribution is -2.61. The van der Waals surface area contributed by atoms with Gasteiger partial charge in [0.2, 0.25) is 5.75 Å². The van der Waals surface area contributed by atoms with Crippen LogP contribution >= 0.6 is 10.7 Å². The SMILES string of the molecule is COc1cc(Cc2cncc3c2C(N2CCNCC2)NC(NN2CC(C)C=S2C(=O)O)N3)cc(OC)c1OC. The number of ether oxygens (including phenoxy) is 3. The number of nitrogens with zero attached hydrogens (tertiary/aromatic N) is 3. The molecule has 4 heterocycles. The Labute approximate surface area is 231 Å². The van der Waals surface area contributed by atoms with Gasteiger partial charge in [-0.1, -0.05) is 6.92 Å². The van der Waals surface area contributed by atoms with Gasteiger partial charge >= 0.3 is 5.30 Å². The van der Waals surface area contributed by atoms with Crippen LogP contribution in [0.15, 0.2) is 24.5 Å². The van der Waals surface area contributed by atoms with Gasteiger partial charge in [0, 0.05) is 55.2 Å². The molecule has 1 aromatic carbocycles. The van der Waals surface area contributed by atoms with E-state index in [0.717, 1.165) is 48.6 Å². The summed E-state index contributed by atoms with van der Waals surface area (Å²) in [6, 6.07) is 3.93. The fourth-order valence-electron chi connectivity index (χ4n) is 5.37. The van der Waals surface area contributed by atoms with Gasteiger partial charge in [0.15, 0.2) is 11.5 Å². The summed E-state index contributed by atoms with van der Waals surface area (Å²) >= 11 is 0. The Kier molecular flexibility index (Phi) is 8.54. The first kappa shape index (κ1) is 27.6. The lowest BCUT2D eigenvalue weighted by Gasteiger charge is -2.44. The zero-order valence-electron chi connectivity index (χ0n) is 22.7. The van der Waals surface area contributed by atoms with E-state index in [-0.39, 0.29) is 18.4 Å². The Morgan fingerprint density at radius 3 is 2.51 bits per heavy atom. The van der Waals surface area contributed by atoms with Gasteiger partial charge in [-0.05, 0) is 41.0 Å². The molecule has 4 unspecified atom stereocenters. The number of piperazine rings is 1. The summed E-state index contributed by atoms with van der Waals surface area (Å²) in [5.41, 5.74) is 7.50. The van der Waals surface area contributed by atoms with Crippen molar-refractivity contribution < 1.29 is 24.1 Å². The molecule has 0 saturated carbocycles. The number of pyridine rings is 1. The molecule has 0 radical (unpaired) electrons. The number of carbonyl (C=O) groups is 1. The molecular weight excluding hydrogens is 522 g/mol. The third kappa shape index (κ3) is 5.83. The number of aromatic nitrogens is 1. The van der Waals surface area contributed by atoms with Gasteiger partial charge in [-0.3, -0.25) is 15.2 Å². The van der Waals surface area contributed by atoms with E-state index in [1.54, 1.807) is 21.3 Å². The van der Waals surface area contributed by atoms with E-state index in [1.807, 2.05) is 41.2 Å². The van der Waals surface area contributed by atoms with Crippen molar-refractivity contribution in [1.29, 1.82) is 0 Å². The fraction of sp³-hybridized carbons (Fsp3) is 0.500. The summed E-state index contributed by atoms with van der Waals surface area (Å²) in [5.74, 6) is 1.95. The molecule has 0 spiro atoms. The molecule has 12 nitrogen and oxygen atoms in total. The Morgan fingerprint density at radius 1 is 1.15 bits per heavy atom. The average Bonchev–Trinajstić information content (AvgIpc) is 3.32. The molecule has 3 aliphatic rings. The lowest BCUT2D eigenvalue weighted by atomic mass is 9.96. The number of fused-ring (bicyclic) bond motifs is 1. The number of rotatable bonds is 8. The van der Waals surface area contributed by atoms with E-state index in [9.17, 15) is 9.90 Å². The topological polar surface area (TPSA) is 132 Å². The number of methoxy groups -OCH3 is 3. The first-order valence-electron chi connectivity index (χ1n) is 13.0. The zero-order valence-corrected chi connectivity index (χ0v) is 23.5. The van der Waals surface area contributed by atoms with Crippen molar-refractivity contribution in [3.05, 3.63) is 41.2 Å². The number of benzene rings is 1. The van der Waals surface area contributed by atoms with E-state index in [2.05, 4.69) is 31.3 Å². The predicted octanol–water partition coefficient (Wildman–Crippen LogP) is 2.02. The van der Waals surface area contributed by atoms with Crippen molar-refractivity contribution in [2.24, 2.45) is 5.92 Å². The number of nitrogens with one attached hydrogen (secondary N) is 4. The van der Waals surface area contributed by atoms with Gasteiger partial charge < -0.3 is 30.0 Å². The summed E-state index contributed by atoms with van der Waals surface area (Å²) in [5, 5.41) is 21.4. The minimum atomic E-state index is -1.00. The van der Waals surface area contributed by atoms with Gasteiger partial charge in [0.1, 0.15) is 6.29 Å². The first-order valence-corrected chi connectivity index (χ1v) is 14.2. The molecule has 5 rings (SSSR count). The first-order chi connectivity index (χ1) is 18.9. The molecule has 39 heavy (non-hydrogen) atoms. The molecule has 2 aromatic rings. The van der Waals surface area contributed by atoms with E-state index in [0.29, 0.717) is 30.2 Å². The number of hydrogen-bond donors (Lipinski definition) is 5. The van der Waals surface area contributed by atoms with Gasteiger partial charge in [-0.15, -0.1) is 0 Å². The van der Waals surface area contributed by atoms with Crippen molar-refractivity contribution in [2.75, 3.05) is 59.4 Å². The second-order valence-electron chi connectivity index (χ2n) is 9.79. The maximum Gasteiger partial charge on any atom is 0.374 e. The highest BCUT2D eigenvalue weighted by atomic mass is 32.2. The second-order valence-corrected chi connectivity index (χ2v) is 11.5. The standard InChI is InChI=1S/C26H37N7O5S/c1-16-14-33(39(15-16)26(34)35)31-25-29-19-13-28-12-18(22(19)24(30-25)32-7-5-27-6-8-32)9-17-10-20(36-2)23(38-4)21(11-17)37-3/h10-13,15-16,24-25,27,29-31H,5-9,14H2,1-4H3,(H,34,35). The maximum atomic E-state index is 11.9. The quantitative estimate of drug-likeness (QED) is 0.303. The van der Waals surface area contributed by atoms with Crippen molar-refractivity contribution in [1.82, 2.24) is 30.4 Å². The third-order valence-electron chi connectivity index (χ3n) is 7.11. The molecule has 1 fully saturated rings. The smallest absolute Gasteiger partial charge is 0.374 e. The number of anilines is 1. The maximum absolute atomic E-state index is 11.9. The van der Waals surface area contributed by atoms with Gasteiger partial charge in [-0.2, -0.15) is 4.41 Å². The fourth-order valence-corrected chi connectivity index (χ4v) is 6.96. The average molecular weight is 560 g/mol. The second kappa shape index (κ2) is 12.1. The molecule has 3 aliphatic heterocycles. The van der Waals surface area contributed by atoms with Crippen LogP contribution in [0.2, 0.25) is 0 Å². The Bertz CT molecular complexity index is 1210. The highest BCUT2D eigenvalue weighted by Crippen LogP contribution is 2.40. The van der Waals surface area contributed by atoms with Crippen LogP contribution in [-0.4, -0.2) is 90.4 Å². The normalized spacial score (nSPS) is 25.3. The third-order valence-corrected chi connectivity index (χ3v) is 8.92. The molecule has 0 aliphatic carbocycles. The van der Waals surface area contributed by atoms with Crippen LogP contribution in [0.4, 0.5) is 10.5 Å². The molecule has 1 saturated heterocycles. The van der Waals surface area contributed by atoms with Crippen LogP contribution in [0, 0.1) is 5.92 Å². The van der Waals surface area contributed by atoms with Crippen LogP contribution in [0.3, 0.4) is 0 Å². The van der Waals surface area contributed by atoms with E-state index < -0.39 is 16.0 Å². The van der Waals surface area contributed by atoms with Crippen LogP contribution in [0.5, 0.6) is 17.2 Å². The van der Waals surface area contributed by atoms with Crippen LogP contribution < -0.4 is 35.6 Å². The van der Waals surface area contributed by atoms with E-state index in [1.165, 1.54) is 0 Å². The van der Waals surface area contributed by atoms with Gasteiger partial charge in [0.05, 0.1) is 39.4 Å². The molecule has 1 aromatic heterocycles. The molecule has 0 amide bonds. The van der Waals surface area contributed by atoms with E-state index >= 15 is 0 Å². The van der Waals surface area contributed by atoms with Crippen LogP contribution in [0.1, 0.15) is 29.8 Å². The Hall–Kier alpha value is -2.94. The summed E-state index contributed by atoms with van der Waals surface area (Å²) in [6.45, 7) is 6.21. The summed E-state index contributed by atoms with van der Waals surface area (Å²) in [4.78, 5) is 18.8. The van der Waals surface area contributed by atoms with Crippen molar-refractivity contribution in [3.63, 3.8) is 0 Å². The van der Waals surface area contributed by atoms with Gasteiger partial charge in [0.25, 0.3) is 0 Å². The van der Waals surface area contributed by atoms with Crippen molar-refractivity contribution in [3.8, 4) is 17.2 Å². The summed E-state index contributed by atoms with van der Waals surface area (Å²) < 4.78 is 18.5. The zero-order chi connectivity index (χ0) is 27.5. The molecule has 212 valence electrons. The Balaban J connectivity index is 1.47. The Morgan fingerprint density at radius 2 is 1.87 bits per heavy atom. The number of carboxylic acid groups (broad SMARTS) is 1. The molecule has 0 bridgehead atoms. The van der Waals surface area contributed by atoms with Gasteiger partial charge in [-0.25, -0.2) is 10.2 Å². The summed E-state index contributed by atoms with van der Waals surface area (Å²) in [7, 11) is 3.82. The minimum absolute atomic E-state index is 0.100. The van der Waals surface area contributed by atoms with Crippen LogP contribution in [-0.2, 0) is 6.42 Å². The highest BCUT2D eigenvalue weighted by molar-refractivity contribution is 8.25. The minimum Gasteiger partial charge on any atom is -0.493 e.